The van der Waals surface area contributed by atoms with Crippen molar-refractivity contribution in [2.45, 2.75) is 91.8 Å². The summed E-state index contributed by atoms with van der Waals surface area (Å²) in [6, 6.07) is 6.91. The number of primary amides is 1. The van der Waals surface area contributed by atoms with Gasteiger partial charge in [-0.05, 0) is 42.6 Å². The van der Waals surface area contributed by atoms with Gasteiger partial charge in [-0.2, -0.15) is 0 Å². The lowest BCUT2D eigenvalue weighted by molar-refractivity contribution is -0.149. The quantitative estimate of drug-likeness (QED) is 0.189. The van der Waals surface area contributed by atoms with E-state index in [1.807, 2.05) is 65.0 Å². The number of nitrogens with zero attached hydrogens (tertiary/aromatic N) is 1. The molecule has 0 aliphatic carbocycles. The Morgan fingerprint density at radius 3 is 2.30 bits per heavy atom. The summed E-state index contributed by atoms with van der Waals surface area (Å²) in [7, 11) is 0. The van der Waals surface area contributed by atoms with Crippen molar-refractivity contribution >= 4 is 35.4 Å². The molecule has 0 saturated carbocycles. The monoisotopic (exact) mass is 614 g/mol. The highest BCUT2D eigenvalue weighted by molar-refractivity contribution is 6.37. The summed E-state index contributed by atoms with van der Waals surface area (Å²) in [6.45, 7) is 10.0. The second-order valence-electron chi connectivity index (χ2n) is 12.7. The molecule has 0 spiro atoms. The second kappa shape index (κ2) is 17.4. The minimum absolute atomic E-state index is 0.0119. The van der Waals surface area contributed by atoms with E-state index in [9.17, 15) is 28.8 Å². The summed E-state index contributed by atoms with van der Waals surface area (Å²) >= 11 is 0. The van der Waals surface area contributed by atoms with Gasteiger partial charge in [-0.15, -0.1) is 0 Å². The molecular weight excluding hydrogens is 564 g/mol. The highest BCUT2D eigenvalue weighted by Gasteiger charge is 2.41. The lowest BCUT2D eigenvalue weighted by Gasteiger charge is -2.40. The molecule has 1 aliphatic rings. The van der Waals surface area contributed by atoms with Crippen molar-refractivity contribution < 1.29 is 28.8 Å². The average molecular weight is 615 g/mol. The van der Waals surface area contributed by atoms with Gasteiger partial charge in [-0.25, -0.2) is 4.79 Å². The lowest BCUT2D eigenvalue weighted by atomic mass is 9.79. The third-order valence-corrected chi connectivity index (χ3v) is 7.94. The molecule has 6 amide bonds. The Bertz CT molecular complexity index is 1150. The van der Waals surface area contributed by atoms with Crippen LogP contribution in [0.4, 0.5) is 4.79 Å². The lowest BCUT2D eigenvalue weighted by Crippen LogP contribution is -2.59. The number of ketones is 1. The predicted octanol–water partition coefficient (Wildman–Crippen LogP) is 2.01. The number of nitrogens with two attached hydrogens (primary N) is 1. The average Bonchev–Trinajstić information content (AvgIpc) is 2.98. The van der Waals surface area contributed by atoms with E-state index in [2.05, 4.69) is 21.3 Å². The van der Waals surface area contributed by atoms with Crippen molar-refractivity contribution in [3.8, 4) is 0 Å². The number of nitrogens with one attached hydrogen (secondary N) is 4. The van der Waals surface area contributed by atoms with E-state index in [1.165, 1.54) is 4.90 Å². The minimum Gasteiger partial charge on any atom is -0.363 e. The Hall–Kier alpha value is -3.96. The third kappa shape index (κ3) is 11.6. The number of carbonyl (C=O) groups is 6. The molecule has 1 aromatic carbocycles. The van der Waals surface area contributed by atoms with E-state index in [0.29, 0.717) is 25.9 Å². The van der Waals surface area contributed by atoms with Crippen molar-refractivity contribution in [2.75, 3.05) is 19.6 Å². The summed E-state index contributed by atoms with van der Waals surface area (Å²) in [6.07, 6.45) is 3.81. The highest BCUT2D eigenvalue weighted by atomic mass is 16.2. The van der Waals surface area contributed by atoms with E-state index >= 15 is 0 Å². The molecule has 12 heteroatoms. The third-order valence-electron chi connectivity index (χ3n) is 7.94. The van der Waals surface area contributed by atoms with Crippen molar-refractivity contribution in [1.29, 1.82) is 0 Å². The molecule has 1 aromatic rings. The molecule has 6 N–H and O–H groups in total. The molecular formula is C32H50N6O6. The first-order valence-corrected chi connectivity index (χ1v) is 15.5. The van der Waals surface area contributed by atoms with Crippen LogP contribution in [0.1, 0.15) is 78.7 Å². The van der Waals surface area contributed by atoms with Gasteiger partial charge < -0.3 is 31.9 Å². The van der Waals surface area contributed by atoms with Gasteiger partial charge >= 0.3 is 6.03 Å². The smallest absolute Gasteiger partial charge is 0.315 e. The number of rotatable bonds is 15. The van der Waals surface area contributed by atoms with E-state index in [1.54, 1.807) is 0 Å². The SMILES string of the molecule is CCCC(C)CC(NC(=O)C1CCCCN1C(=O)C(CNC(=O)NCC(=O)NCc1ccccc1)C(C)(C)C)C(=O)C(N)=O. The maximum atomic E-state index is 13.9. The van der Waals surface area contributed by atoms with Crippen LogP contribution in [0.15, 0.2) is 30.3 Å². The number of piperidine rings is 1. The van der Waals surface area contributed by atoms with Gasteiger partial charge in [-0.1, -0.05) is 77.8 Å². The van der Waals surface area contributed by atoms with Crippen LogP contribution in [-0.4, -0.2) is 72.1 Å². The summed E-state index contributed by atoms with van der Waals surface area (Å²) in [5, 5.41) is 10.7. The van der Waals surface area contributed by atoms with E-state index in [0.717, 1.165) is 24.8 Å². The second-order valence-corrected chi connectivity index (χ2v) is 12.7. The number of carbonyl (C=O) groups excluding carboxylic acids is 6. The largest absolute Gasteiger partial charge is 0.363 e. The van der Waals surface area contributed by atoms with E-state index in [4.69, 9.17) is 5.73 Å². The van der Waals surface area contributed by atoms with E-state index in [-0.39, 0.29) is 37.2 Å². The number of likely N-dealkylation sites (tertiary alicyclic amines) is 1. The first kappa shape index (κ1) is 36.2. The maximum Gasteiger partial charge on any atom is 0.315 e. The maximum absolute atomic E-state index is 13.9. The van der Waals surface area contributed by atoms with Gasteiger partial charge in [0.25, 0.3) is 5.91 Å². The fourth-order valence-electron chi connectivity index (χ4n) is 5.39. The summed E-state index contributed by atoms with van der Waals surface area (Å²) in [5.74, 6) is -3.72. The molecule has 1 saturated heterocycles. The molecule has 1 aliphatic heterocycles. The first-order valence-electron chi connectivity index (χ1n) is 15.5. The molecule has 2 rings (SSSR count). The molecule has 1 fully saturated rings. The number of hydrogen-bond acceptors (Lipinski definition) is 6. The fraction of sp³-hybridized carbons (Fsp3) is 0.625. The van der Waals surface area contributed by atoms with Crippen LogP contribution >= 0.6 is 0 Å². The van der Waals surface area contributed by atoms with Crippen molar-refractivity contribution in [1.82, 2.24) is 26.2 Å². The van der Waals surface area contributed by atoms with Crippen molar-refractivity contribution in [2.24, 2.45) is 23.0 Å². The Morgan fingerprint density at radius 1 is 1.00 bits per heavy atom. The zero-order valence-corrected chi connectivity index (χ0v) is 26.7. The Kier molecular flexibility index (Phi) is 14.3. The number of Topliss-reactive ketones (excluding diaryl/α,β-unsaturated/α-hetero) is 1. The molecule has 0 radical (unpaired) electrons. The number of amides is 6. The van der Waals surface area contributed by atoms with Crippen LogP contribution in [0, 0.1) is 17.3 Å². The molecule has 4 unspecified atom stereocenters. The Labute approximate surface area is 260 Å². The summed E-state index contributed by atoms with van der Waals surface area (Å²) in [4.78, 5) is 77.9. The van der Waals surface area contributed by atoms with Crippen LogP contribution in [-0.2, 0) is 30.5 Å². The molecule has 4 atom stereocenters. The van der Waals surface area contributed by atoms with Gasteiger partial charge in [0.15, 0.2) is 0 Å². The normalized spacial score (nSPS) is 17.0. The van der Waals surface area contributed by atoms with Crippen LogP contribution < -0.4 is 27.0 Å². The fourth-order valence-corrected chi connectivity index (χ4v) is 5.39. The number of urea groups is 1. The minimum atomic E-state index is -1.11. The van der Waals surface area contributed by atoms with Gasteiger partial charge in [0.05, 0.1) is 18.5 Å². The molecule has 0 aromatic heterocycles. The molecule has 1 heterocycles. The summed E-state index contributed by atoms with van der Waals surface area (Å²) < 4.78 is 0. The van der Waals surface area contributed by atoms with Gasteiger partial charge in [0, 0.05) is 19.6 Å². The molecule has 12 nitrogen and oxygen atoms in total. The Balaban J connectivity index is 2.04. The standard InChI is InChI=1S/C32H50N6O6/c1-6-12-21(2)17-24(27(40)28(33)41)37-29(42)25-15-10-11-16-38(25)30(43)23(32(3,4)5)19-35-31(44)36-20-26(39)34-18-22-13-8-7-9-14-22/h7-9,13-14,21,23-25H,6,10-12,15-20H2,1-5H3,(H2,33,41)(H,34,39)(H,37,42)(H2,35,36,44). The zero-order chi connectivity index (χ0) is 32.9. The highest BCUT2D eigenvalue weighted by Crippen LogP contribution is 2.30. The van der Waals surface area contributed by atoms with Gasteiger partial charge in [-0.3, -0.25) is 24.0 Å². The van der Waals surface area contributed by atoms with E-state index < -0.39 is 47.0 Å². The van der Waals surface area contributed by atoms with Crippen LogP contribution in [0.5, 0.6) is 0 Å². The number of benzene rings is 1. The van der Waals surface area contributed by atoms with Gasteiger partial charge in [0.2, 0.25) is 23.5 Å². The van der Waals surface area contributed by atoms with Crippen LogP contribution in [0.3, 0.4) is 0 Å². The van der Waals surface area contributed by atoms with Gasteiger partial charge in [0.1, 0.15) is 6.04 Å². The topological polar surface area (TPSA) is 180 Å². The summed E-state index contributed by atoms with van der Waals surface area (Å²) in [5.41, 5.74) is 5.63. The Morgan fingerprint density at radius 2 is 1.68 bits per heavy atom. The zero-order valence-electron chi connectivity index (χ0n) is 26.7. The number of hydrogen-bond donors (Lipinski definition) is 5. The van der Waals surface area contributed by atoms with Crippen molar-refractivity contribution in [3.05, 3.63) is 35.9 Å². The van der Waals surface area contributed by atoms with Crippen LogP contribution in [0.2, 0.25) is 0 Å². The first-order chi connectivity index (χ1) is 20.7. The molecule has 244 valence electrons. The molecule has 44 heavy (non-hydrogen) atoms. The predicted molar refractivity (Wildman–Crippen MR) is 167 cm³/mol. The van der Waals surface area contributed by atoms with Crippen molar-refractivity contribution in [3.63, 3.8) is 0 Å². The van der Waals surface area contributed by atoms with Crippen LogP contribution in [0.25, 0.3) is 0 Å². The molecule has 0 bridgehead atoms.